The van der Waals surface area contributed by atoms with Gasteiger partial charge in [-0.1, -0.05) is 0 Å². The molecule has 4 nitrogen and oxygen atoms in total. The van der Waals surface area contributed by atoms with Crippen LogP contribution in [0.15, 0.2) is 22.7 Å². The molecule has 0 bridgehead atoms. The van der Waals surface area contributed by atoms with E-state index in [0.29, 0.717) is 5.89 Å². The molecule has 2 aromatic heterocycles. The van der Waals surface area contributed by atoms with Crippen LogP contribution in [0.3, 0.4) is 0 Å². The fourth-order valence-corrected chi connectivity index (χ4v) is 1.60. The largest absolute Gasteiger partial charge is 0.441 e. The van der Waals surface area contributed by atoms with Crippen molar-refractivity contribution < 1.29 is 4.42 Å². The van der Waals surface area contributed by atoms with E-state index in [1.54, 1.807) is 6.20 Å². The second-order valence-electron chi connectivity index (χ2n) is 3.94. The molecular weight excluding hydrogens is 202 g/mol. The lowest BCUT2D eigenvalue weighted by atomic mass is 10.2. The molecule has 2 aromatic rings. The number of pyridine rings is 1. The van der Waals surface area contributed by atoms with Gasteiger partial charge in [-0.05, 0) is 19.1 Å². The molecule has 84 valence electrons. The van der Waals surface area contributed by atoms with Gasteiger partial charge in [0.1, 0.15) is 5.82 Å². The Morgan fingerprint density at radius 3 is 2.56 bits per heavy atom. The Bertz CT molecular complexity index is 503. The molecule has 4 heteroatoms. The van der Waals surface area contributed by atoms with Crippen LogP contribution in [0.25, 0.3) is 11.3 Å². The first-order valence-corrected chi connectivity index (χ1v) is 5.15. The highest BCUT2D eigenvalue weighted by Gasteiger charge is 2.10. The molecule has 0 saturated carbocycles. The molecule has 0 aromatic carbocycles. The SMILES string of the molecule is Cc1nc(C)c(-c2ccnc(N(C)C)c2)o1. The summed E-state index contributed by atoms with van der Waals surface area (Å²) in [5.41, 5.74) is 1.92. The summed E-state index contributed by atoms with van der Waals surface area (Å²) < 4.78 is 5.58. The maximum absolute atomic E-state index is 5.58. The standard InChI is InChI=1S/C12H15N3O/c1-8-12(16-9(2)14-8)10-5-6-13-11(7-10)15(3)4/h5-7H,1-4H3. The highest BCUT2D eigenvalue weighted by Crippen LogP contribution is 2.25. The molecule has 0 amide bonds. The maximum Gasteiger partial charge on any atom is 0.192 e. The minimum absolute atomic E-state index is 0.690. The molecule has 16 heavy (non-hydrogen) atoms. The summed E-state index contributed by atoms with van der Waals surface area (Å²) >= 11 is 0. The van der Waals surface area contributed by atoms with Gasteiger partial charge in [-0.2, -0.15) is 0 Å². The van der Waals surface area contributed by atoms with Crippen LogP contribution in [0.4, 0.5) is 5.82 Å². The molecule has 0 fully saturated rings. The number of nitrogens with zero attached hydrogens (tertiary/aromatic N) is 3. The number of oxazole rings is 1. The first kappa shape index (κ1) is 10.7. The fraction of sp³-hybridized carbons (Fsp3) is 0.333. The predicted molar refractivity (Wildman–Crippen MR) is 63.5 cm³/mol. The Kier molecular flexibility index (Phi) is 2.64. The van der Waals surface area contributed by atoms with Crippen LogP contribution < -0.4 is 4.90 Å². The van der Waals surface area contributed by atoms with Crippen LogP contribution >= 0.6 is 0 Å². The van der Waals surface area contributed by atoms with Crippen molar-refractivity contribution in [3.05, 3.63) is 29.9 Å². The Morgan fingerprint density at radius 1 is 1.25 bits per heavy atom. The van der Waals surface area contributed by atoms with E-state index >= 15 is 0 Å². The van der Waals surface area contributed by atoms with Crippen LogP contribution in [0, 0.1) is 13.8 Å². The van der Waals surface area contributed by atoms with E-state index in [1.807, 2.05) is 45.0 Å². The number of hydrogen-bond donors (Lipinski definition) is 0. The minimum Gasteiger partial charge on any atom is -0.441 e. The second kappa shape index (κ2) is 3.96. The van der Waals surface area contributed by atoms with Gasteiger partial charge in [0.05, 0.1) is 5.69 Å². The number of anilines is 1. The number of rotatable bonds is 2. The second-order valence-corrected chi connectivity index (χ2v) is 3.94. The van der Waals surface area contributed by atoms with Crippen molar-refractivity contribution in [3.8, 4) is 11.3 Å². The van der Waals surface area contributed by atoms with Crippen LogP contribution in [0.5, 0.6) is 0 Å². The lowest BCUT2D eigenvalue weighted by molar-refractivity contribution is 0.534. The summed E-state index contributed by atoms with van der Waals surface area (Å²) in [6.45, 7) is 3.80. The lowest BCUT2D eigenvalue weighted by Gasteiger charge is -2.11. The van der Waals surface area contributed by atoms with Crippen molar-refractivity contribution in [1.29, 1.82) is 0 Å². The van der Waals surface area contributed by atoms with E-state index in [0.717, 1.165) is 22.8 Å². The van der Waals surface area contributed by atoms with Gasteiger partial charge in [-0.15, -0.1) is 0 Å². The highest BCUT2D eigenvalue weighted by atomic mass is 16.4. The monoisotopic (exact) mass is 217 g/mol. The first-order valence-electron chi connectivity index (χ1n) is 5.15. The van der Waals surface area contributed by atoms with Gasteiger partial charge in [-0.25, -0.2) is 9.97 Å². The third-order valence-corrected chi connectivity index (χ3v) is 2.37. The third-order valence-electron chi connectivity index (χ3n) is 2.37. The van der Waals surface area contributed by atoms with Gasteiger partial charge in [0.25, 0.3) is 0 Å². The molecule has 2 heterocycles. The van der Waals surface area contributed by atoms with E-state index in [1.165, 1.54) is 0 Å². The van der Waals surface area contributed by atoms with Crippen molar-refractivity contribution in [3.63, 3.8) is 0 Å². The van der Waals surface area contributed by atoms with Crippen molar-refractivity contribution in [2.45, 2.75) is 13.8 Å². The molecule has 0 spiro atoms. The van der Waals surface area contributed by atoms with E-state index in [2.05, 4.69) is 9.97 Å². The van der Waals surface area contributed by atoms with Crippen LogP contribution in [0.2, 0.25) is 0 Å². The van der Waals surface area contributed by atoms with Crippen LogP contribution in [-0.2, 0) is 0 Å². The zero-order valence-electron chi connectivity index (χ0n) is 9.98. The van der Waals surface area contributed by atoms with Crippen LogP contribution in [0.1, 0.15) is 11.6 Å². The number of aromatic nitrogens is 2. The topological polar surface area (TPSA) is 42.2 Å². The summed E-state index contributed by atoms with van der Waals surface area (Å²) in [6, 6.07) is 3.92. The average molecular weight is 217 g/mol. The molecule has 0 saturated heterocycles. The normalized spacial score (nSPS) is 10.5. The molecule has 0 aliphatic heterocycles. The van der Waals surface area contributed by atoms with Crippen molar-refractivity contribution >= 4 is 5.82 Å². The van der Waals surface area contributed by atoms with Crippen molar-refractivity contribution in [1.82, 2.24) is 9.97 Å². The third kappa shape index (κ3) is 1.91. The summed E-state index contributed by atoms with van der Waals surface area (Å²) in [5, 5.41) is 0. The van der Waals surface area contributed by atoms with Gasteiger partial charge in [-0.3, -0.25) is 0 Å². The summed E-state index contributed by atoms with van der Waals surface area (Å²) in [5.74, 6) is 2.42. The van der Waals surface area contributed by atoms with Crippen molar-refractivity contribution in [2.24, 2.45) is 0 Å². The quantitative estimate of drug-likeness (QED) is 0.774. The summed E-state index contributed by atoms with van der Waals surface area (Å²) in [7, 11) is 3.93. The molecule has 0 atom stereocenters. The molecule has 0 unspecified atom stereocenters. The Labute approximate surface area is 94.9 Å². The Hall–Kier alpha value is -1.84. The van der Waals surface area contributed by atoms with E-state index in [-0.39, 0.29) is 0 Å². The predicted octanol–water partition coefficient (Wildman–Crippen LogP) is 2.42. The van der Waals surface area contributed by atoms with Gasteiger partial charge < -0.3 is 9.32 Å². The molecule has 0 aliphatic rings. The van der Waals surface area contributed by atoms with Gasteiger partial charge in [0.2, 0.25) is 0 Å². The minimum atomic E-state index is 0.690. The van der Waals surface area contributed by atoms with Gasteiger partial charge in [0.15, 0.2) is 11.7 Å². The highest BCUT2D eigenvalue weighted by molar-refractivity contribution is 5.63. The van der Waals surface area contributed by atoms with Gasteiger partial charge in [0, 0.05) is 32.8 Å². The fourth-order valence-electron chi connectivity index (χ4n) is 1.60. The molecule has 0 radical (unpaired) electrons. The zero-order chi connectivity index (χ0) is 11.7. The first-order chi connectivity index (χ1) is 7.58. The number of aryl methyl sites for hydroxylation is 2. The van der Waals surface area contributed by atoms with Crippen LogP contribution in [-0.4, -0.2) is 24.1 Å². The molecular formula is C12H15N3O. The maximum atomic E-state index is 5.58. The lowest BCUT2D eigenvalue weighted by Crippen LogP contribution is -2.10. The van der Waals surface area contributed by atoms with Crippen molar-refractivity contribution in [2.75, 3.05) is 19.0 Å². The smallest absolute Gasteiger partial charge is 0.192 e. The number of hydrogen-bond acceptors (Lipinski definition) is 4. The average Bonchev–Trinajstić information content (AvgIpc) is 2.58. The van der Waals surface area contributed by atoms with E-state index in [4.69, 9.17) is 4.42 Å². The molecule has 0 N–H and O–H groups in total. The Balaban J connectivity index is 2.48. The molecule has 0 aliphatic carbocycles. The van der Waals surface area contributed by atoms with E-state index < -0.39 is 0 Å². The summed E-state index contributed by atoms with van der Waals surface area (Å²) in [6.07, 6.45) is 1.78. The van der Waals surface area contributed by atoms with E-state index in [9.17, 15) is 0 Å². The Morgan fingerprint density at radius 2 is 2.00 bits per heavy atom. The zero-order valence-corrected chi connectivity index (χ0v) is 9.98. The molecule has 2 rings (SSSR count). The summed E-state index contributed by atoms with van der Waals surface area (Å²) in [4.78, 5) is 10.5. The van der Waals surface area contributed by atoms with Gasteiger partial charge >= 0.3 is 0 Å².